The third-order valence-corrected chi connectivity index (χ3v) is 5.70. The molecule has 2 aromatic rings. The third kappa shape index (κ3) is 6.23. The number of nitrogens with zero attached hydrogens (tertiary/aromatic N) is 1. The van der Waals surface area contributed by atoms with Crippen LogP contribution in [0.3, 0.4) is 0 Å². The predicted octanol–water partition coefficient (Wildman–Crippen LogP) is 4.50. The number of hydrogen-bond acceptors (Lipinski definition) is 3. The van der Waals surface area contributed by atoms with Crippen molar-refractivity contribution in [1.29, 1.82) is 0 Å². The molecule has 0 aromatic heterocycles. The quantitative estimate of drug-likeness (QED) is 0.673. The Morgan fingerprint density at radius 2 is 1.90 bits per heavy atom. The molecule has 2 amide bonds. The molecule has 1 N–H and O–H groups in total. The van der Waals surface area contributed by atoms with Crippen LogP contribution in [-0.2, 0) is 16.1 Å². The molecule has 1 aliphatic carbocycles. The minimum Gasteiger partial charge on any atom is -0.484 e. The fraction of sp³-hybridized carbons (Fsp3) is 0.417. The standard InChI is InChI=1S/C24H29ClN2O3/c1-17-7-5-8-19(13-17)15-27(18(2)24(29)26-21-10-3-4-11-21)23(28)16-30-22-12-6-9-20(25)14-22/h5-9,12-14,18,21H,3-4,10-11,15-16H2,1-2H3,(H,26,29)/t18-/m0/s1. The molecule has 30 heavy (non-hydrogen) atoms. The molecule has 1 atom stereocenters. The van der Waals surface area contributed by atoms with E-state index >= 15 is 0 Å². The fourth-order valence-electron chi connectivity index (χ4n) is 3.77. The van der Waals surface area contributed by atoms with E-state index in [1.54, 1.807) is 36.1 Å². The van der Waals surface area contributed by atoms with Crippen LogP contribution in [0.1, 0.15) is 43.7 Å². The van der Waals surface area contributed by atoms with Crippen LogP contribution in [0.15, 0.2) is 48.5 Å². The second-order valence-corrected chi connectivity index (χ2v) is 8.36. The van der Waals surface area contributed by atoms with Crippen molar-refractivity contribution in [1.82, 2.24) is 10.2 Å². The molecule has 2 aromatic carbocycles. The topological polar surface area (TPSA) is 58.6 Å². The van der Waals surface area contributed by atoms with E-state index in [4.69, 9.17) is 16.3 Å². The molecule has 6 heteroatoms. The highest BCUT2D eigenvalue weighted by Gasteiger charge is 2.28. The van der Waals surface area contributed by atoms with Crippen molar-refractivity contribution in [3.63, 3.8) is 0 Å². The summed E-state index contributed by atoms with van der Waals surface area (Å²) in [6.45, 7) is 3.97. The Hall–Kier alpha value is -2.53. The highest BCUT2D eigenvalue weighted by atomic mass is 35.5. The molecule has 0 unspecified atom stereocenters. The van der Waals surface area contributed by atoms with Crippen LogP contribution in [0, 0.1) is 6.92 Å². The Morgan fingerprint density at radius 3 is 2.60 bits per heavy atom. The van der Waals surface area contributed by atoms with Crippen molar-refractivity contribution in [3.05, 3.63) is 64.7 Å². The van der Waals surface area contributed by atoms with Crippen LogP contribution >= 0.6 is 11.6 Å². The summed E-state index contributed by atoms with van der Waals surface area (Å²) < 4.78 is 5.65. The van der Waals surface area contributed by atoms with Crippen LogP contribution in [-0.4, -0.2) is 35.4 Å². The molecule has 0 aliphatic heterocycles. The molecule has 0 saturated heterocycles. The lowest BCUT2D eigenvalue weighted by molar-refractivity contribution is -0.142. The van der Waals surface area contributed by atoms with Gasteiger partial charge in [-0.15, -0.1) is 0 Å². The number of benzene rings is 2. The lowest BCUT2D eigenvalue weighted by atomic mass is 10.1. The number of aryl methyl sites for hydroxylation is 1. The molecule has 160 valence electrons. The maximum atomic E-state index is 13.1. The summed E-state index contributed by atoms with van der Waals surface area (Å²) in [5.74, 6) is 0.158. The number of carbonyl (C=O) groups is 2. The van der Waals surface area contributed by atoms with Crippen LogP contribution in [0.5, 0.6) is 5.75 Å². The second-order valence-electron chi connectivity index (χ2n) is 7.92. The Balaban J connectivity index is 1.71. The number of amides is 2. The van der Waals surface area contributed by atoms with E-state index in [1.165, 1.54) is 0 Å². The van der Waals surface area contributed by atoms with Crippen molar-refractivity contribution >= 4 is 23.4 Å². The lowest BCUT2D eigenvalue weighted by Crippen LogP contribution is -2.50. The van der Waals surface area contributed by atoms with Gasteiger partial charge in [0.05, 0.1) is 0 Å². The monoisotopic (exact) mass is 428 g/mol. The van der Waals surface area contributed by atoms with Gasteiger partial charge in [-0.05, 0) is 50.5 Å². The Kier molecular flexibility index (Phi) is 7.75. The van der Waals surface area contributed by atoms with Crippen molar-refractivity contribution in [2.75, 3.05) is 6.61 Å². The first-order valence-electron chi connectivity index (χ1n) is 10.5. The van der Waals surface area contributed by atoms with Crippen LogP contribution in [0.4, 0.5) is 0 Å². The molecule has 3 rings (SSSR count). The highest BCUT2D eigenvalue weighted by Crippen LogP contribution is 2.20. The largest absolute Gasteiger partial charge is 0.484 e. The molecule has 0 radical (unpaired) electrons. The van der Waals surface area contributed by atoms with Gasteiger partial charge in [0.1, 0.15) is 11.8 Å². The smallest absolute Gasteiger partial charge is 0.261 e. The van der Waals surface area contributed by atoms with E-state index in [-0.39, 0.29) is 24.5 Å². The summed E-state index contributed by atoms with van der Waals surface area (Å²) >= 11 is 5.99. The lowest BCUT2D eigenvalue weighted by Gasteiger charge is -2.29. The van der Waals surface area contributed by atoms with Crippen molar-refractivity contribution in [2.45, 2.75) is 58.2 Å². The van der Waals surface area contributed by atoms with Gasteiger partial charge in [-0.2, -0.15) is 0 Å². The SMILES string of the molecule is Cc1cccc(CN(C(=O)COc2cccc(Cl)c2)[C@@H](C)C(=O)NC2CCCC2)c1. The van der Waals surface area contributed by atoms with E-state index in [0.717, 1.165) is 36.8 Å². The predicted molar refractivity (Wildman–Crippen MR) is 119 cm³/mol. The van der Waals surface area contributed by atoms with E-state index in [9.17, 15) is 9.59 Å². The number of halogens is 1. The van der Waals surface area contributed by atoms with E-state index < -0.39 is 6.04 Å². The third-order valence-electron chi connectivity index (χ3n) is 5.46. The van der Waals surface area contributed by atoms with Gasteiger partial charge >= 0.3 is 0 Å². The summed E-state index contributed by atoms with van der Waals surface area (Å²) in [7, 11) is 0. The zero-order valence-corrected chi connectivity index (χ0v) is 18.3. The number of nitrogens with one attached hydrogen (secondary N) is 1. The van der Waals surface area contributed by atoms with E-state index in [1.807, 2.05) is 31.2 Å². The van der Waals surface area contributed by atoms with Crippen molar-refractivity contribution in [2.24, 2.45) is 0 Å². The van der Waals surface area contributed by atoms with Gasteiger partial charge in [0.15, 0.2) is 6.61 Å². The van der Waals surface area contributed by atoms with Gasteiger partial charge in [-0.3, -0.25) is 9.59 Å². The fourth-order valence-corrected chi connectivity index (χ4v) is 3.95. The zero-order chi connectivity index (χ0) is 21.5. The number of ether oxygens (including phenoxy) is 1. The van der Waals surface area contributed by atoms with Crippen molar-refractivity contribution in [3.8, 4) is 5.75 Å². The first kappa shape index (κ1) is 22.2. The summed E-state index contributed by atoms with van der Waals surface area (Å²) in [5, 5.41) is 3.64. The molecule has 1 fully saturated rings. The summed E-state index contributed by atoms with van der Waals surface area (Å²) in [6.07, 6.45) is 4.28. The van der Waals surface area contributed by atoms with Crippen LogP contribution < -0.4 is 10.1 Å². The normalized spacial score (nSPS) is 14.9. The molecule has 1 aliphatic rings. The average Bonchev–Trinajstić information content (AvgIpc) is 3.23. The van der Waals surface area contributed by atoms with Gasteiger partial charge < -0.3 is 15.0 Å². The van der Waals surface area contributed by atoms with Crippen molar-refractivity contribution < 1.29 is 14.3 Å². The highest BCUT2D eigenvalue weighted by molar-refractivity contribution is 6.30. The number of hydrogen-bond donors (Lipinski definition) is 1. The molecular formula is C24H29ClN2O3. The number of rotatable bonds is 8. The Bertz CT molecular complexity index is 880. The molecule has 0 heterocycles. The van der Waals surface area contributed by atoms with Gasteiger partial charge in [0, 0.05) is 17.6 Å². The Labute approximate surface area is 183 Å². The molecule has 0 bridgehead atoms. The van der Waals surface area contributed by atoms with Gasteiger partial charge in [0.25, 0.3) is 5.91 Å². The Morgan fingerprint density at radius 1 is 1.17 bits per heavy atom. The maximum Gasteiger partial charge on any atom is 0.261 e. The number of carbonyl (C=O) groups excluding carboxylic acids is 2. The average molecular weight is 429 g/mol. The summed E-state index contributed by atoms with van der Waals surface area (Å²) in [4.78, 5) is 27.5. The van der Waals surface area contributed by atoms with Crippen LogP contribution in [0.2, 0.25) is 5.02 Å². The molecule has 1 saturated carbocycles. The van der Waals surface area contributed by atoms with E-state index in [2.05, 4.69) is 5.32 Å². The van der Waals surface area contributed by atoms with Gasteiger partial charge in [0.2, 0.25) is 5.91 Å². The maximum absolute atomic E-state index is 13.1. The van der Waals surface area contributed by atoms with Crippen LogP contribution in [0.25, 0.3) is 0 Å². The first-order chi connectivity index (χ1) is 14.4. The van der Waals surface area contributed by atoms with E-state index in [0.29, 0.717) is 17.3 Å². The summed E-state index contributed by atoms with van der Waals surface area (Å²) in [5.41, 5.74) is 2.09. The minimum absolute atomic E-state index is 0.120. The minimum atomic E-state index is -0.596. The second kappa shape index (κ2) is 10.5. The summed E-state index contributed by atoms with van der Waals surface area (Å²) in [6, 6.07) is 14.5. The molecule has 0 spiro atoms. The van der Waals surface area contributed by atoms with Gasteiger partial charge in [-0.1, -0.05) is 60.3 Å². The molecule has 5 nitrogen and oxygen atoms in total. The first-order valence-corrected chi connectivity index (χ1v) is 10.8. The molecular weight excluding hydrogens is 400 g/mol. The zero-order valence-electron chi connectivity index (χ0n) is 17.6. The van der Waals surface area contributed by atoms with Gasteiger partial charge in [-0.25, -0.2) is 0 Å².